The predicted molar refractivity (Wildman–Crippen MR) is 89.7 cm³/mol. The Labute approximate surface area is 135 Å². The van der Waals surface area contributed by atoms with Gasteiger partial charge in [-0.25, -0.2) is 4.98 Å². The van der Waals surface area contributed by atoms with Crippen molar-refractivity contribution in [1.29, 1.82) is 0 Å². The number of anilines is 1. The fraction of sp³-hybridized carbons (Fsp3) is 0.125. The molecule has 0 bridgehead atoms. The van der Waals surface area contributed by atoms with Gasteiger partial charge in [-0.15, -0.1) is 11.3 Å². The average molecular weight is 328 g/mol. The zero-order valence-electron chi connectivity index (χ0n) is 11.8. The van der Waals surface area contributed by atoms with Crippen molar-refractivity contribution < 1.29 is 9.53 Å². The van der Waals surface area contributed by atoms with Crippen molar-refractivity contribution in [3.05, 3.63) is 39.9 Å². The van der Waals surface area contributed by atoms with E-state index in [-0.39, 0.29) is 12.5 Å². The summed E-state index contributed by atoms with van der Waals surface area (Å²) in [6, 6.07) is 6.04. The number of thiazole rings is 1. The van der Waals surface area contributed by atoms with Gasteiger partial charge >= 0.3 is 0 Å². The zero-order chi connectivity index (χ0) is 15.1. The van der Waals surface area contributed by atoms with Crippen LogP contribution in [-0.4, -0.2) is 17.5 Å². The lowest BCUT2D eigenvalue weighted by molar-refractivity contribution is -0.118. The molecule has 0 aliphatic carbocycles. The van der Waals surface area contributed by atoms with Crippen LogP contribution < -0.4 is 10.1 Å². The van der Waals surface area contributed by atoms with Crippen LogP contribution in [0.25, 0.3) is 21.8 Å². The molecule has 4 nitrogen and oxygen atoms in total. The summed E-state index contributed by atoms with van der Waals surface area (Å²) in [6.45, 7) is 2.06. The van der Waals surface area contributed by atoms with Crippen LogP contribution in [0.5, 0.6) is 5.75 Å². The highest BCUT2D eigenvalue weighted by Crippen LogP contribution is 2.38. The molecule has 0 atom stereocenters. The molecule has 0 fully saturated rings. The number of carbonyl (C=O) groups is 1. The van der Waals surface area contributed by atoms with E-state index in [2.05, 4.69) is 22.1 Å². The molecule has 110 valence electrons. The monoisotopic (exact) mass is 328 g/mol. The summed E-state index contributed by atoms with van der Waals surface area (Å²) >= 11 is 3.26. The van der Waals surface area contributed by atoms with Crippen LogP contribution in [0.15, 0.2) is 34.3 Å². The maximum Gasteiger partial charge on any atom is 0.262 e. The van der Waals surface area contributed by atoms with E-state index in [4.69, 9.17) is 9.72 Å². The molecule has 6 heteroatoms. The summed E-state index contributed by atoms with van der Waals surface area (Å²) in [5.41, 5.74) is 4.84. The smallest absolute Gasteiger partial charge is 0.262 e. The number of carbonyl (C=O) groups excluding carboxylic acids is 1. The van der Waals surface area contributed by atoms with E-state index < -0.39 is 0 Å². The van der Waals surface area contributed by atoms with E-state index in [0.717, 1.165) is 38.8 Å². The maximum absolute atomic E-state index is 11.5. The number of benzene rings is 1. The standard InChI is InChI=1S/C16H12N2O2S2/c1-9-4-11(5-12-15(9)20-6-14(19)17-12)16-18-13(8-22-16)10-2-3-21-7-10/h2-5,7-8H,6H2,1H3,(H,17,19). The van der Waals surface area contributed by atoms with Gasteiger partial charge in [-0.05, 0) is 36.1 Å². The van der Waals surface area contributed by atoms with Gasteiger partial charge in [0.05, 0.1) is 11.4 Å². The van der Waals surface area contributed by atoms with Gasteiger partial charge in [-0.3, -0.25) is 4.79 Å². The van der Waals surface area contributed by atoms with Gasteiger partial charge in [0.1, 0.15) is 10.8 Å². The number of ether oxygens (including phenoxy) is 1. The molecule has 3 heterocycles. The van der Waals surface area contributed by atoms with Crippen molar-refractivity contribution in [2.45, 2.75) is 6.92 Å². The van der Waals surface area contributed by atoms with E-state index in [1.165, 1.54) is 0 Å². The minimum absolute atomic E-state index is 0.0761. The van der Waals surface area contributed by atoms with Gasteiger partial charge in [0.2, 0.25) is 0 Å². The van der Waals surface area contributed by atoms with Crippen LogP contribution in [0.3, 0.4) is 0 Å². The van der Waals surface area contributed by atoms with E-state index in [9.17, 15) is 4.79 Å². The van der Waals surface area contributed by atoms with E-state index >= 15 is 0 Å². The van der Waals surface area contributed by atoms with E-state index in [0.29, 0.717) is 0 Å². The van der Waals surface area contributed by atoms with Crippen LogP contribution in [0.1, 0.15) is 5.56 Å². The number of nitrogens with one attached hydrogen (secondary N) is 1. The van der Waals surface area contributed by atoms with Gasteiger partial charge in [0.15, 0.2) is 6.61 Å². The number of rotatable bonds is 2. The molecule has 1 aromatic carbocycles. The Morgan fingerprint density at radius 1 is 1.27 bits per heavy atom. The lowest BCUT2D eigenvalue weighted by Crippen LogP contribution is -2.25. The molecule has 0 radical (unpaired) electrons. The molecule has 0 saturated carbocycles. The largest absolute Gasteiger partial charge is 0.481 e. The van der Waals surface area contributed by atoms with Crippen LogP contribution >= 0.6 is 22.7 Å². The Bertz CT molecular complexity index is 853. The topological polar surface area (TPSA) is 51.2 Å². The second-order valence-electron chi connectivity index (χ2n) is 5.06. The molecule has 1 N–H and O–H groups in total. The number of aromatic nitrogens is 1. The number of aryl methyl sites for hydroxylation is 1. The Balaban J connectivity index is 1.76. The first-order valence-electron chi connectivity index (χ1n) is 6.76. The quantitative estimate of drug-likeness (QED) is 0.768. The summed E-state index contributed by atoms with van der Waals surface area (Å²) in [7, 11) is 0. The van der Waals surface area contributed by atoms with Gasteiger partial charge in [-0.1, -0.05) is 0 Å². The molecule has 1 amide bonds. The highest BCUT2D eigenvalue weighted by atomic mass is 32.1. The Morgan fingerprint density at radius 2 is 2.18 bits per heavy atom. The minimum Gasteiger partial charge on any atom is -0.481 e. The molecule has 22 heavy (non-hydrogen) atoms. The lowest BCUT2D eigenvalue weighted by Gasteiger charge is -2.20. The molecule has 0 unspecified atom stereocenters. The highest BCUT2D eigenvalue weighted by Gasteiger charge is 2.20. The van der Waals surface area contributed by atoms with Crippen LogP contribution in [-0.2, 0) is 4.79 Å². The third-order valence-electron chi connectivity index (χ3n) is 3.46. The molecular formula is C16H12N2O2S2. The van der Waals surface area contributed by atoms with E-state index in [1.54, 1.807) is 22.7 Å². The van der Waals surface area contributed by atoms with Crippen molar-refractivity contribution in [2.24, 2.45) is 0 Å². The van der Waals surface area contributed by atoms with Crippen LogP contribution in [0.4, 0.5) is 5.69 Å². The van der Waals surface area contributed by atoms with Gasteiger partial charge in [0.25, 0.3) is 5.91 Å². The Kier molecular flexibility index (Phi) is 3.20. The van der Waals surface area contributed by atoms with Crippen LogP contribution in [0, 0.1) is 6.92 Å². The van der Waals surface area contributed by atoms with Crippen molar-refractivity contribution in [1.82, 2.24) is 4.98 Å². The molecule has 0 spiro atoms. The van der Waals surface area contributed by atoms with Crippen molar-refractivity contribution in [3.63, 3.8) is 0 Å². The first-order valence-corrected chi connectivity index (χ1v) is 8.59. The predicted octanol–water partition coefficient (Wildman–Crippen LogP) is 4.18. The summed E-state index contributed by atoms with van der Waals surface area (Å²) in [5.74, 6) is 0.625. The lowest BCUT2D eigenvalue weighted by atomic mass is 10.1. The van der Waals surface area contributed by atoms with Crippen molar-refractivity contribution >= 4 is 34.3 Å². The molecule has 1 aliphatic heterocycles. The SMILES string of the molecule is Cc1cc(-c2nc(-c3ccsc3)cs2)cc2c1OCC(=O)N2. The third-order valence-corrected chi connectivity index (χ3v) is 5.04. The zero-order valence-corrected chi connectivity index (χ0v) is 13.4. The summed E-state index contributed by atoms with van der Waals surface area (Å²) in [5, 5.41) is 9.99. The summed E-state index contributed by atoms with van der Waals surface area (Å²) < 4.78 is 5.49. The molecular weight excluding hydrogens is 316 g/mol. The first-order chi connectivity index (χ1) is 10.7. The fourth-order valence-electron chi connectivity index (χ4n) is 2.45. The average Bonchev–Trinajstić information content (AvgIpc) is 3.18. The molecule has 1 aliphatic rings. The van der Waals surface area contributed by atoms with Crippen molar-refractivity contribution in [2.75, 3.05) is 11.9 Å². The molecule has 0 saturated heterocycles. The fourth-order valence-corrected chi connectivity index (χ4v) is 3.92. The third kappa shape index (κ3) is 2.30. The molecule has 2 aromatic heterocycles. The molecule has 3 aromatic rings. The van der Waals surface area contributed by atoms with Gasteiger partial charge < -0.3 is 10.1 Å². The van der Waals surface area contributed by atoms with E-state index in [1.807, 2.05) is 24.4 Å². The maximum atomic E-state index is 11.5. The number of hydrogen-bond donors (Lipinski definition) is 1. The Morgan fingerprint density at radius 3 is 3.00 bits per heavy atom. The summed E-state index contributed by atoms with van der Waals surface area (Å²) in [6.07, 6.45) is 0. The second-order valence-corrected chi connectivity index (χ2v) is 6.69. The van der Waals surface area contributed by atoms with Gasteiger partial charge in [0, 0.05) is 21.9 Å². The van der Waals surface area contributed by atoms with Gasteiger partial charge in [-0.2, -0.15) is 11.3 Å². The normalized spacial score (nSPS) is 13.4. The molecule has 4 rings (SSSR count). The second kappa shape index (κ2) is 5.23. The number of fused-ring (bicyclic) bond motifs is 1. The minimum atomic E-state index is -0.123. The number of nitrogens with zero attached hydrogens (tertiary/aromatic N) is 1. The number of hydrogen-bond acceptors (Lipinski definition) is 5. The first kappa shape index (κ1) is 13.5. The number of amides is 1. The number of thiophene rings is 1. The van der Waals surface area contributed by atoms with Crippen molar-refractivity contribution in [3.8, 4) is 27.6 Å². The Hall–Kier alpha value is -2.18. The van der Waals surface area contributed by atoms with Crippen LogP contribution in [0.2, 0.25) is 0 Å². The summed E-state index contributed by atoms with van der Waals surface area (Å²) in [4.78, 5) is 16.2. The highest BCUT2D eigenvalue weighted by molar-refractivity contribution is 7.13.